The number of ether oxygens (including phenoxy) is 1. The summed E-state index contributed by atoms with van der Waals surface area (Å²) in [6, 6.07) is 5.60. The van der Waals surface area contributed by atoms with Crippen molar-refractivity contribution < 1.29 is 32.6 Å². The minimum Gasteiger partial charge on any atom is -0.505 e. The molecule has 0 bridgehead atoms. The molecule has 12 nitrogen and oxygen atoms in total. The van der Waals surface area contributed by atoms with E-state index >= 15 is 0 Å². The van der Waals surface area contributed by atoms with E-state index in [9.17, 15) is 32.7 Å². The van der Waals surface area contributed by atoms with Crippen LogP contribution >= 0.6 is 11.6 Å². The maximum atomic E-state index is 14.2. The highest BCUT2D eigenvalue weighted by Gasteiger charge is 2.46. The minimum atomic E-state index is -4.60. The van der Waals surface area contributed by atoms with Crippen molar-refractivity contribution in [3.8, 4) is 5.75 Å². The SMILES string of the molecule is O=C(Cn1c2c(c(=O)n3nc(C4=CCOCC4)nc13)C1(CC2)CCN(C(=O)c2ncccc2O)CC1)Nc1ccc(C(F)(F)F)cc1Cl. The number of rotatable bonds is 5. The Balaban J connectivity index is 1.24. The Morgan fingerprint density at radius 3 is 2.60 bits per heavy atom. The van der Waals surface area contributed by atoms with E-state index in [-0.39, 0.29) is 40.0 Å². The van der Waals surface area contributed by atoms with Crippen LogP contribution in [-0.4, -0.2) is 72.3 Å². The zero-order valence-electron chi connectivity index (χ0n) is 25.4. The van der Waals surface area contributed by atoms with Gasteiger partial charge in [-0.25, -0.2) is 4.98 Å². The van der Waals surface area contributed by atoms with Crippen LogP contribution in [0.15, 0.2) is 47.4 Å². The average Bonchev–Trinajstić information content (AvgIpc) is 3.68. The van der Waals surface area contributed by atoms with E-state index in [0.717, 1.165) is 23.8 Å². The lowest BCUT2D eigenvalue weighted by atomic mass is 9.74. The first kappa shape index (κ1) is 31.8. The molecule has 48 heavy (non-hydrogen) atoms. The van der Waals surface area contributed by atoms with Crippen LogP contribution in [0.25, 0.3) is 11.4 Å². The molecule has 250 valence electrons. The van der Waals surface area contributed by atoms with Crippen molar-refractivity contribution in [1.29, 1.82) is 0 Å². The van der Waals surface area contributed by atoms with Crippen LogP contribution in [0.2, 0.25) is 5.02 Å². The number of carbonyl (C=O) groups excluding carboxylic acids is 2. The van der Waals surface area contributed by atoms with Crippen LogP contribution in [0.4, 0.5) is 18.9 Å². The summed E-state index contributed by atoms with van der Waals surface area (Å²) in [5, 5.41) is 17.1. The van der Waals surface area contributed by atoms with Gasteiger partial charge >= 0.3 is 6.18 Å². The molecule has 0 unspecified atom stereocenters. The molecule has 1 spiro atoms. The van der Waals surface area contributed by atoms with E-state index in [0.29, 0.717) is 75.5 Å². The van der Waals surface area contributed by atoms with Gasteiger partial charge in [-0.05, 0) is 68.0 Å². The third-order valence-electron chi connectivity index (χ3n) is 9.34. The summed E-state index contributed by atoms with van der Waals surface area (Å²) in [6.45, 7) is 1.15. The summed E-state index contributed by atoms with van der Waals surface area (Å²) in [5.74, 6) is -0.709. The average molecular weight is 684 g/mol. The van der Waals surface area contributed by atoms with Crippen molar-refractivity contribution in [2.45, 2.75) is 50.2 Å². The maximum absolute atomic E-state index is 14.2. The molecule has 1 fully saturated rings. The van der Waals surface area contributed by atoms with Crippen molar-refractivity contribution >= 4 is 40.5 Å². The van der Waals surface area contributed by atoms with Crippen LogP contribution in [-0.2, 0) is 34.1 Å². The number of aromatic hydroxyl groups is 1. The van der Waals surface area contributed by atoms with E-state index in [1.807, 2.05) is 6.08 Å². The molecule has 16 heteroatoms. The second-order valence-electron chi connectivity index (χ2n) is 12.1. The molecule has 2 amide bonds. The molecule has 1 aliphatic carbocycles. The number of hydrogen-bond acceptors (Lipinski definition) is 8. The smallest absolute Gasteiger partial charge is 0.416 e. The molecule has 0 atom stereocenters. The number of hydrogen-bond donors (Lipinski definition) is 2. The first-order valence-corrected chi connectivity index (χ1v) is 15.7. The largest absolute Gasteiger partial charge is 0.505 e. The molecule has 0 saturated carbocycles. The molecule has 3 aliphatic rings. The lowest BCUT2D eigenvalue weighted by Crippen LogP contribution is -2.46. The van der Waals surface area contributed by atoms with Gasteiger partial charge in [-0.15, -0.1) is 5.10 Å². The summed E-state index contributed by atoms with van der Waals surface area (Å²) < 4.78 is 47.8. The van der Waals surface area contributed by atoms with Crippen LogP contribution in [0.5, 0.6) is 5.75 Å². The van der Waals surface area contributed by atoms with Gasteiger partial charge in [0.2, 0.25) is 11.7 Å². The normalized spacial score (nSPS) is 17.4. The monoisotopic (exact) mass is 683 g/mol. The number of aromatic nitrogens is 5. The van der Waals surface area contributed by atoms with Crippen LogP contribution < -0.4 is 10.9 Å². The van der Waals surface area contributed by atoms with Gasteiger partial charge in [0.05, 0.1) is 29.5 Å². The Labute approximate surface area is 275 Å². The van der Waals surface area contributed by atoms with Crippen LogP contribution in [0.1, 0.15) is 58.8 Å². The minimum absolute atomic E-state index is 0.00495. The predicted octanol–water partition coefficient (Wildman–Crippen LogP) is 4.23. The van der Waals surface area contributed by atoms with Gasteiger partial charge in [0.1, 0.15) is 12.3 Å². The molecule has 2 N–H and O–H groups in total. The summed E-state index contributed by atoms with van der Waals surface area (Å²) in [4.78, 5) is 51.2. The van der Waals surface area contributed by atoms with Crippen molar-refractivity contribution in [3.63, 3.8) is 0 Å². The summed E-state index contributed by atoms with van der Waals surface area (Å²) >= 11 is 6.11. The maximum Gasteiger partial charge on any atom is 0.416 e. The van der Waals surface area contributed by atoms with Gasteiger partial charge < -0.3 is 24.6 Å². The van der Waals surface area contributed by atoms with E-state index in [1.165, 1.54) is 22.8 Å². The predicted molar refractivity (Wildman–Crippen MR) is 167 cm³/mol. The van der Waals surface area contributed by atoms with Crippen molar-refractivity contribution in [2.24, 2.45) is 0 Å². The van der Waals surface area contributed by atoms with Crippen molar-refractivity contribution in [3.05, 3.63) is 86.3 Å². The number of alkyl halides is 3. The summed E-state index contributed by atoms with van der Waals surface area (Å²) in [5.41, 5.74) is -0.0264. The number of nitrogens with one attached hydrogen (secondary N) is 1. The molecule has 7 rings (SSSR count). The van der Waals surface area contributed by atoms with Gasteiger partial charge in [-0.3, -0.25) is 14.4 Å². The number of likely N-dealkylation sites (tertiary alicyclic amines) is 1. The zero-order valence-corrected chi connectivity index (χ0v) is 26.1. The number of amides is 2. The summed E-state index contributed by atoms with van der Waals surface area (Å²) in [6.07, 6.45) is 1.16. The Hall–Kier alpha value is -4.76. The topological polar surface area (TPSA) is 144 Å². The van der Waals surface area contributed by atoms with Crippen LogP contribution in [0, 0.1) is 0 Å². The first-order valence-electron chi connectivity index (χ1n) is 15.4. The zero-order chi connectivity index (χ0) is 33.8. The Kier molecular flexibility index (Phi) is 7.98. The molecule has 1 saturated heterocycles. The molecule has 5 heterocycles. The van der Waals surface area contributed by atoms with Gasteiger partial charge in [-0.1, -0.05) is 17.7 Å². The molecular weight excluding hydrogens is 655 g/mol. The standard InChI is InChI=1S/C32H29ClF3N7O5/c33-20-16-19(32(34,35)36)3-4-21(20)38-24(45)17-42-22-5-8-31(9-12-41(13-10-31)29(47)26-23(44)2-1-11-37-26)25(22)28(46)43-30(42)39-27(40-43)18-6-14-48-15-7-18/h1-4,6,11,16,44H,5,7-10,12-15,17H2,(H,38,45). The quantitative estimate of drug-likeness (QED) is 0.318. The van der Waals surface area contributed by atoms with Gasteiger partial charge in [0, 0.05) is 36.0 Å². The third kappa shape index (κ3) is 5.60. The van der Waals surface area contributed by atoms with Gasteiger partial charge in [-0.2, -0.15) is 22.7 Å². The van der Waals surface area contributed by atoms with Crippen LogP contribution in [0.3, 0.4) is 0 Å². The van der Waals surface area contributed by atoms with E-state index in [1.54, 1.807) is 9.47 Å². The van der Waals surface area contributed by atoms with Crippen molar-refractivity contribution in [2.75, 3.05) is 31.6 Å². The highest BCUT2D eigenvalue weighted by molar-refractivity contribution is 6.33. The van der Waals surface area contributed by atoms with E-state index in [4.69, 9.17) is 16.3 Å². The molecule has 3 aromatic heterocycles. The number of anilines is 1. The number of carbonyl (C=O) groups is 2. The number of nitrogens with zero attached hydrogens (tertiary/aromatic N) is 6. The lowest BCUT2D eigenvalue weighted by molar-refractivity contribution is -0.137. The second-order valence-corrected chi connectivity index (χ2v) is 12.5. The number of fused-ring (bicyclic) bond motifs is 3. The van der Waals surface area contributed by atoms with E-state index < -0.39 is 29.0 Å². The molecule has 0 radical (unpaired) electrons. The fourth-order valence-corrected chi connectivity index (χ4v) is 7.11. The third-order valence-corrected chi connectivity index (χ3v) is 9.66. The molecule has 4 aromatic rings. The lowest BCUT2D eigenvalue weighted by Gasteiger charge is -2.39. The first-order chi connectivity index (χ1) is 22.9. The number of pyridine rings is 1. The molecule has 2 aliphatic heterocycles. The molecular formula is C32H29ClF3N7O5. The fraction of sp³-hybridized carbons (Fsp3) is 0.375. The fourth-order valence-electron chi connectivity index (χ4n) is 6.88. The number of benzene rings is 1. The summed E-state index contributed by atoms with van der Waals surface area (Å²) in [7, 11) is 0. The van der Waals surface area contributed by atoms with Gasteiger partial charge in [0.25, 0.3) is 11.5 Å². The Bertz CT molecular complexity index is 2050. The Morgan fingerprint density at radius 1 is 1.12 bits per heavy atom. The highest BCUT2D eigenvalue weighted by Crippen LogP contribution is 2.45. The molecule has 1 aromatic carbocycles. The number of halogens is 4. The van der Waals surface area contributed by atoms with Crippen molar-refractivity contribution in [1.82, 2.24) is 29.0 Å². The van der Waals surface area contributed by atoms with E-state index in [2.05, 4.69) is 20.4 Å². The second kappa shape index (κ2) is 12.0. The Morgan fingerprint density at radius 2 is 1.92 bits per heavy atom. The number of piperidine rings is 1. The highest BCUT2D eigenvalue weighted by atomic mass is 35.5. The van der Waals surface area contributed by atoms with Gasteiger partial charge in [0.15, 0.2) is 11.5 Å².